The maximum absolute atomic E-state index is 6.55. The summed E-state index contributed by atoms with van der Waals surface area (Å²) < 4.78 is 0. The maximum Gasteiger partial charge on any atom is 0.0323 e. The Morgan fingerprint density at radius 1 is 1.05 bits per heavy atom. The second-order valence-electron chi connectivity index (χ2n) is 8.00. The molecule has 0 saturated heterocycles. The predicted molar refractivity (Wildman–Crippen MR) is 92.3 cm³/mol. The van der Waals surface area contributed by atoms with E-state index in [2.05, 4.69) is 52.0 Å². The Hall–Kier alpha value is -0.820. The monoisotopic (exact) mass is 287 g/mol. The minimum absolute atomic E-state index is 0.224. The molecule has 1 nitrogen and oxygen atoms in total. The molecular weight excluding hydrogens is 254 g/mol. The first-order chi connectivity index (χ1) is 9.91. The lowest BCUT2D eigenvalue weighted by molar-refractivity contribution is 0.139. The van der Waals surface area contributed by atoms with Crippen LogP contribution in [0.25, 0.3) is 0 Å². The van der Waals surface area contributed by atoms with E-state index in [9.17, 15) is 0 Å². The predicted octanol–water partition coefficient (Wildman–Crippen LogP) is 5.49. The topological polar surface area (TPSA) is 26.0 Å². The fraction of sp³-hybridized carbons (Fsp3) is 0.700. The summed E-state index contributed by atoms with van der Waals surface area (Å²) in [6.07, 6.45) is 7.65. The van der Waals surface area contributed by atoms with Crippen molar-refractivity contribution < 1.29 is 0 Å². The third kappa shape index (κ3) is 4.32. The first-order valence-corrected chi connectivity index (χ1v) is 8.76. The van der Waals surface area contributed by atoms with Crippen LogP contribution in [0, 0.1) is 17.3 Å². The average molecular weight is 287 g/mol. The van der Waals surface area contributed by atoms with Gasteiger partial charge in [-0.1, -0.05) is 58.4 Å². The number of rotatable bonds is 4. The van der Waals surface area contributed by atoms with Gasteiger partial charge in [0.2, 0.25) is 0 Å². The van der Waals surface area contributed by atoms with Gasteiger partial charge in [-0.15, -0.1) is 0 Å². The van der Waals surface area contributed by atoms with Crippen LogP contribution in [-0.2, 0) is 6.42 Å². The molecule has 1 aliphatic rings. The number of hydrogen-bond acceptors (Lipinski definition) is 1. The van der Waals surface area contributed by atoms with Crippen molar-refractivity contribution in [2.45, 2.75) is 72.3 Å². The summed E-state index contributed by atoms with van der Waals surface area (Å²) in [5.74, 6) is 1.54. The molecule has 1 aliphatic carbocycles. The third-order valence-electron chi connectivity index (χ3n) is 5.41. The Balaban J connectivity index is 1.93. The molecular formula is C20H33N. The fourth-order valence-corrected chi connectivity index (χ4v) is 3.81. The van der Waals surface area contributed by atoms with Crippen LogP contribution in [0.15, 0.2) is 24.3 Å². The van der Waals surface area contributed by atoms with E-state index in [1.165, 1.54) is 49.7 Å². The van der Waals surface area contributed by atoms with E-state index in [4.69, 9.17) is 5.73 Å². The van der Waals surface area contributed by atoms with Gasteiger partial charge in [0.05, 0.1) is 0 Å². The van der Waals surface area contributed by atoms with Crippen molar-refractivity contribution in [2.24, 2.45) is 23.0 Å². The molecule has 0 radical (unpaired) electrons. The van der Waals surface area contributed by atoms with Crippen molar-refractivity contribution in [1.82, 2.24) is 0 Å². The standard InChI is InChI=1S/C20H33N/c1-5-6-15-7-9-16(10-8-15)19(21)17-11-13-18(14-12-17)20(2,3)4/h7-10,17-19H,5-6,11-14,21H2,1-4H3. The Morgan fingerprint density at radius 2 is 1.62 bits per heavy atom. The van der Waals surface area contributed by atoms with Crippen LogP contribution in [0.2, 0.25) is 0 Å². The molecule has 0 aliphatic heterocycles. The molecule has 1 aromatic carbocycles. The van der Waals surface area contributed by atoms with Gasteiger partial charge in [0, 0.05) is 6.04 Å². The molecule has 0 spiro atoms. The number of hydrogen-bond donors (Lipinski definition) is 1. The number of benzene rings is 1. The van der Waals surface area contributed by atoms with Gasteiger partial charge in [-0.25, -0.2) is 0 Å². The van der Waals surface area contributed by atoms with Crippen LogP contribution in [0.1, 0.15) is 77.0 Å². The molecule has 1 aromatic rings. The maximum atomic E-state index is 6.55. The third-order valence-corrected chi connectivity index (χ3v) is 5.41. The molecule has 0 bridgehead atoms. The molecule has 1 saturated carbocycles. The van der Waals surface area contributed by atoms with Gasteiger partial charge < -0.3 is 5.73 Å². The highest BCUT2D eigenvalue weighted by Crippen LogP contribution is 2.42. The second kappa shape index (κ2) is 6.96. The highest BCUT2D eigenvalue weighted by Gasteiger charge is 2.32. The van der Waals surface area contributed by atoms with Crippen molar-refractivity contribution in [2.75, 3.05) is 0 Å². The fourth-order valence-electron chi connectivity index (χ4n) is 3.81. The molecule has 1 fully saturated rings. The lowest BCUT2D eigenvalue weighted by Gasteiger charge is -2.38. The van der Waals surface area contributed by atoms with Crippen molar-refractivity contribution in [3.63, 3.8) is 0 Å². The molecule has 2 N–H and O–H groups in total. The van der Waals surface area contributed by atoms with Gasteiger partial charge in [-0.05, 0) is 60.5 Å². The Bertz CT molecular complexity index is 418. The number of nitrogens with two attached hydrogens (primary N) is 1. The minimum Gasteiger partial charge on any atom is -0.324 e. The molecule has 118 valence electrons. The van der Waals surface area contributed by atoms with Gasteiger partial charge in [-0.2, -0.15) is 0 Å². The largest absolute Gasteiger partial charge is 0.324 e. The van der Waals surface area contributed by atoms with Crippen LogP contribution in [0.4, 0.5) is 0 Å². The quantitative estimate of drug-likeness (QED) is 0.778. The Kier molecular flexibility index (Phi) is 5.48. The highest BCUT2D eigenvalue weighted by molar-refractivity contribution is 5.25. The van der Waals surface area contributed by atoms with Crippen molar-refractivity contribution in [3.05, 3.63) is 35.4 Å². The molecule has 2 rings (SSSR count). The zero-order valence-electron chi connectivity index (χ0n) is 14.4. The molecule has 1 heteroatoms. The van der Waals surface area contributed by atoms with E-state index < -0.39 is 0 Å². The van der Waals surface area contributed by atoms with Crippen LogP contribution in [-0.4, -0.2) is 0 Å². The van der Waals surface area contributed by atoms with E-state index in [1.54, 1.807) is 0 Å². The van der Waals surface area contributed by atoms with Gasteiger partial charge in [-0.3, -0.25) is 0 Å². The van der Waals surface area contributed by atoms with E-state index in [-0.39, 0.29) is 6.04 Å². The number of aryl methyl sites for hydroxylation is 1. The summed E-state index contributed by atoms with van der Waals surface area (Å²) in [5.41, 5.74) is 9.77. The smallest absolute Gasteiger partial charge is 0.0323 e. The van der Waals surface area contributed by atoms with E-state index >= 15 is 0 Å². The van der Waals surface area contributed by atoms with Gasteiger partial charge in [0.15, 0.2) is 0 Å². The lowest BCUT2D eigenvalue weighted by Crippen LogP contribution is -2.30. The molecule has 21 heavy (non-hydrogen) atoms. The zero-order valence-corrected chi connectivity index (χ0v) is 14.4. The van der Waals surface area contributed by atoms with E-state index in [0.29, 0.717) is 11.3 Å². The highest BCUT2D eigenvalue weighted by atomic mass is 14.7. The SMILES string of the molecule is CCCc1ccc(C(N)C2CCC(C(C)(C)C)CC2)cc1. The van der Waals surface area contributed by atoms with Gasteiger partial charge in [0.1, 0.15) is 0 Å². The van der Waals surface area contributed by atoms with Crippen LogP contribution in [0.3, 0.4) is 0 Å². The second-order valence-corrected chi connectivity index (χ2v) is 8.00. The summed E-state index contributed by atoms with van der Waals surface area (Å²) in [5, 5.41) is 0. The minimum atomic E-state index is 0.224. The molecule has 0 amide bonds. The van der Waals surface area contributed by atoms with Crippen molar-refractivity contribution >= 4 is 0 Å². The lowest BCUT2D eigenvalue weighted by atomic mass is 9.68. The average Bonchev–Trinajstić information content (AvgIpc) is 2.47. The first-order valence-electron chi connectivity index (χ1n) is 8.76. The molecule has 0 aromatic heterocycles. The summed E-state index contributed by atoms with van der Waals surface area (Å²) in [6, 6.07) is 9.26. The van der Waals surface area contributed by atoms with Gasteiger partial charge in [0.25, 0.3) is 0 Å². The summed E-state index contributed by atoms with van der Waals surface area (Å²) >= 11 is 0. The Morgan fingerprint density at radius 3 is 2.10 bits per heavy atom. The first kappa shape index (κ1) is 16.5. The summed E-state index contributed by atoms with van der Waals surface area (Å²) in [4.78, 5) is 0. The molecule has 1 atom stereocenters. The summed E-state index contributed by atoms with van der Waals surface area (Å²) in [7, 11) is 0. The summed E-state index contributed by atoms with van der Waals surface area (Å²) in [6.45, 7) is 9.37. The van der Waals surface area contributed by atoms with Gasteiger partial charge >= 0.3 is 0 Å². The van der Waals surface area contributed by atoms with E-state index in [0.717, 1.165) is 5.92 Å². The zero-order chi connectivity index (χ0) is 15.5. The van der Waals surface area contributed by atoms with Crippen LogP contribution < -0.4 is 5.73 Å². The Labute approximate surface area is 131 Å². The van der Waals surface area contributed by atoms with Crippen LogP contribution >= 0.6 is 0 Å². The van der Waals surface area contributed by atoms with Crippen LogP contribution in [0.5, 0.6) is 0 Å². The normalized spacial score (nSPS) is 24.8. The molecule has 1 unspecified atom stereocenters. The van der Waals surface area contributed by atoms with E-state index in [1.807, 2.05) is 0 Å². The molecule has 0 heterocycles. The van der Waals surface area contributed by atoms with Crippen molar-refractivity contribution in [3.8, 4) is 0 Å². The van der Waals surface area contributed by atoms with Crippen molar-refractivity contribution in [1.29, 1.82) is 0 Å².